The fraction of sp³-hybridized carbons (Fsp3) is 0.200. The molecule has 0 amide bonds. The van der Waals surface area contributed by atoms with E-state index in [-0.39, 0.29) is 6.04 Å². The van der Waals surface area contributed by atoms with Gasteiger partial charge in [-0.05, 0) is 30.0 Å². The van der Waals surface area contributed by atoms with Gasteiger partial charge in [-0.3, -0.25) is 11.3 Å². The van der Waals surface area contributed by atoms with E-state index in [1.54, 1.807) is 0 Å². The van der Waals surface area contributed by atoms with Crippen LogP contribution in [0, 0.1) is 0 Å². The van der Waals surface area contributed by atoms with Crippen LogP contribution in [0.2, 0.25) is 0 Å². The molecular weight excluding hydrogens is 222 g/mol. The Balaban J connectivity index is 2.04. The van der Waals surface area contributed by atoms with Gasteiger partial charge in [-0.1, -0.05) is 48.5 Å². The lowest BCUT2D eigenvalue weighted by molar-refractivity contribution is 0.518. The SMILES string of the molecule is NNC(CCc1ccccc1)c1ccccc1N. The van der Waals surface area contributed by atoms with E-state index >= 15 is 0 Å². The third kappa shape index (κ3) is 3.09. The van der Waals surface area contributed by atoms with E-state index in [4.69, 9.17) is 11.6 Å². The number of rotatable bonds is 5. The molecule has 0 aliphatic heterocycles. The van der Waals surface area contributed by atoms with Crippen molar-refractivity contribution in [3.63, 3.8) is 0 Å². The number of nitrogen functional groups attached to an aromatic ring is 1. The van der Waals surface area contributed by atoms with Crippen molar-refractivity contribution >= 4 is 5.69 Å². The van der Waals surface area contributed by atoms with Gasteiger partial charge in [0.1, 0.15) is 0 Å². The molecule has 0 bridgehead atoms. The second kappa shape index (κ2) is 6.19. The van der Waals surface area contributed by atoms with Gasteiger partial charge >= 0.3 is 0 Å². The predicted molar refractivity (Wildman–Crippen MR) is 75.7 cm³/mol. The molecule has 3 nitrogen and oxygen atoms in total. The van der Waals surface area contributed by atoms with Crippen LogP contribution < -0.4 is 17.0 Å². The average Bonchev–Trinajstić information content (AvgIpc) is 2.42. The van der Waals surface area contributed by atoms with Crippen LogP contribution in [-0.4, -0.2) is 0 Å². The van der Waals surface area contributed by atoms with Crippen molar-refractivity contribution in [1.29, 1.82) is 0 Å². The molecule has 0 fully saturated rings. The summed E-state index contributed by atoms with van der Waals surface area (Å²) in [5.74, 6) is 5.63. The van der Waals surface area contributed by atoms with Gasteiger partial charge in [0.05, 0.1) is 0 Å². The van der Waals surface area contributed by atoms with Gasteiger partial charge in [0, 0.05) is 11.7 Å². The molecule has 0 aliphatic carbocycles. The molecule has 5 N–H and O–H groups in total. The number of anilines is 1. The molecule has 1 atom stereocenters. The summed E-state index contributed by atoms with van der Waals surface area (Å²) in [5.41, 5.74) is 12.0. The van der Waals surface area contributed by atoms with Crippen LogP contribution >= 0.6 is 0 Å². The first-order valence-electron chi connectivity index (χ1n) is 6.15. The van der Waals surface area contributed by atoms with Crippen LogP contribution in [0.1, 0.15) is 23.6 Å². The molecule has 0 aromatic heterocycles. The van der Waals surface area contributed by atoms with E-state index in [0.717, 1.165) is 24.1 Å². The Bertz CT molecular complexity index is 482. The number of para-hydroxylation sites is 1. The lowest BCUT2D eigenvalue weighted by atomic mass is 9.98. The second-order valence-corrected chi connectivity index (χ2v) is 4.37. The first kappa shape index (κ1) is 12.6. The fourth-order valence-corrected chi connectivity index (χ4v) is 2.11. The first-order chi connectivity index (χ1) is 8.81. The highest BCUT2D eigenvalue weighted by Crippen LogP contribution is 2.23. The van der Waals surface area contributed by atoms with Crippen molar-refractivity contribution in [2.24, 2.45) is 5.84 Å². The van der Waals surface area contributed by atoms with Gasteiger partial charge in [0.2, 0.25) is 0 Å². The lowest BCUT2D eigenvalue weighted by Gasteiger charge is -2.18. The molecule has 2 rings (SSSR count). The zero-order valence-corrected chi connectivity index (χ0v) is 10.3. The summed E-state index contributed by atoms with van der Waals surface area (Å²) in [6.45, 7) is 0. The standard InChI is InChI=1S/C15H19N3/c16-14-9-5-4-8-13(14)15(18-17)11-10-12-6-2-1-3-7-12/h1-9,15,18H,10-11,16-17H2. The summed E-state index contributed by atoms with van der Waals surface area (Å²) in [4.78, 5) is 0. The smallest absolute Gasteiger partial charge is 0.0483 e. The Hall–Kier alpha value is -1.84. The van der Waals surface area contributed by atoms with Crippen molar-refractivity contribution in [2.45, 2.75) is 18.9 Å². The van der Waals surface area contributed by atoms with Gasteiger partial charge in [-0.25, -0.2) is 0 Å². The molecule has 0 saturated carbocycles. The van der Waals surface area contributed by atoms with Crippen LogP contribution in [0.25, 0.3) is 0 Å². The van der Waals surface area contributed by atoms with Crippen LogP contribution in [0.5, 0.6) is 0 Å². The van der Waals surface area contributed by atoms with Crippen LogP contribution in [0.3, 0.4) is 0 Å². The maximum absolute atomic E-state index is 5.97. The summed E-state index contributed by atoms with van der Waals surface area (Å²) in [7, 11) is 0. The number of nitrogens with one attached hydrogen (secondary N) is 1. The minimum atomic E-state index is 0.0893. The summed E-state index contributed by atoms with van der Waals surface area (Å²) >= 11 is 0. The van der Waals surface area contributed by atoms with E-state index in [1.807, 2.05) is 30.3 Å². The molecule has 0 heterocycles. The number of nitrogens with two attached hydrogens (primary N) is 2. The number of benzene rings is 2. The normalized spacial score (nSPS) is 12.3. The third-order valence-electron chi connectivity index (χ3n) is 3.14. The Morgan fingerprint density at radius 3 is 2.28 bits per heavy atom. The Kier molecular flexibility index (Phi) is 4.34. The molecule has 2 aromatic carbocycles. The Morgan fingerprint density at radius 2 is 1.61 bits per heavy atom. The fourth-order valence-electron chi connectivity index (χ4n) is 2.11. The minimum Gasteiger partial charge on any atom is -0.398 e. The summed E-state index contributed by atoms with van der Waals surface area (Å²) in [6.07, 6.45) is 1.90. The Morgan fingerprint density at radius 1 is 0.944 bits per heavy atom. The molecule has 3 heteroatoms. The van der Waals surface area contributed by atoms with Crippen molar-refractivity contribution in [3.8, 4) is 0 Å². The number of aryl methyl sites for hydroxylation is 1. The highest BCUT2D eigenvalue weighted by molar-refractivity contribution is 5.48. The largest absolute Gasteiger partial charge is 0.398 e. The van der Waals surface area contributed by atoms with Gasteiger partial charge in [-0.2, -0.15) is 0 Å². The van der Waals surface area contributed by atoms with Gasteiger partial charge < -0.3 is 5.73 Å². The van der Waals surface area contributed by atoms with E-state index in [0.29, 0.717) is 0 Å². The summed E-state index contributed by atoms with van der Waals surface area (Å²) < 4.78 is 0. The first-order valence-corrected chi connectivity index (χ1v) is 6.15. The topological polar surface area (TPSA) is 64.1 Å². The van der Waals surface area contributed by atoms with Crippen molar-refractivity contribution in [2.75, 3.05) is 5.73 Å². The second-order valence-electron chi connectivity index (χ2n) is 4.37. The molecule has 0 aliphatic rings. The maximum Gasteiger partial charge on any atom is 0.0483 e. The predicted octanol–water partition coefficient (Wildman–Crippen LogP) is 2.41. The average molecular weight is 241 g/mol. The molecule has 2 aromatic rings. The third-order valence-corrected chi connectivity index (χ3v) is 3.14. The minimum absolute atomic E-state index is 0.0893. The van der Waals surface area contributed by atoms with Crippen molar-refractivity contribution in [3.05, 3.63) is 65.7 Å². The lowest BCUT2D eigenvalue weighted by Crippen LogP contribution is -2.29. The highest BCUT2D eigenvalue weighted by Gasteiger charge is 2.11. The molecule has 18 heavy (non-hydrogen) atoms. The van der Waals surface area contributed by atoms with Gasteiger partial charge in [0.25, 0.3) is 0 Å². The van der Waals surface area contributed by atoms with Crippen LogP contribution in [0.4, 0.5) is 5.69 Å². The van der Waals surface area contributed by atoms with E-state index in [1.165, 1.54) is 5.56 Å². The highest BCUT2D eigenvalue weighted by atomic mass is 15.2. The quantitative estimate of drug-likeness (QED) is 0.428. The zero-order valence-electron chi connectivity index (χ0n) is 10.3. The number of hydrogen-bond donors (Lipinski definition) is 3. The molecule has 0 radical (unpaired) electrons. The van der Waals surface area contributed by atoms with Crippen molar-refractivity contribution < 1.29 is 0 Å². The Labute approximate surface area is 108 Å². The summed E-state index contributed by atoms with van der Waals surface area (Å²) in [5, 5.41) is 0. The monoisotopic (exact) mass is 241 g/mol. The van der Waals surface area contributed by atoms with Crippen LogP contribution in [0.15, 0.2) is 54.6 Å². The zero-order chi connectivity index (χ0) is 12.8. The number of hydrazine groups is 1. The van der Waals surface area contributed by atoms with E-state index < -0.39 is 0 Å². The molecule has 0 spiro atoms. The van der Waals surface area contributed by atoms with E-state index in [9.17, 15) is 0 Å². The molecule has 94 valence electrons. The molecule has 1 unspecified atom stereocenters. The van der Waals surface area contributed by atoms with Crippen LogP contribution in [-0.2, 0) is 6.42 Å². The molecule has 0 saturated heterocycles. The summed E-state index contributed by atoms with van der Waals surface area (Å²) in [6, 6.07) is 18.3. The van der Waals surface area contributed by atoms with Gasteiger partial charge in [-0.15, -0.1) is 0 Å². The number of hydrogen-bond acceptors (Lipinski definition) is 3. The van der Waals surface area contributed by atoms with Gasteiger partial charge in [0.15, 0.2) is 0 Å². The van der Waals surface area contributed by atoms with E-state index in [2.05, 4.69) is 29.7 Å². The maximum atomic E-state index is 5.97. The molecular formula is C15H19N3. The van der Waals surface area contributed by atoms with Crippen molar-refractivity contribution in [1.82, 2.24) is 5.43 Å².